The highest BCUT2D eigenvalue weighted by atomic mass is 35.5. The summed E-state index contributed by atoms with van der Waals surface area (Å²) in [4.78, 5) is 10.0. The molecule has 19 heavy (non-hydrogen) atoms. The Morgan fingerprint density at radius 1 is 1.16 bits per heavy atom. The second kappa shape index (κ2) is 6.38. The zero-order chi connectivity index (χ0) is 13.7. The average Bonchev–Trinajstić information content (AvgIpc) is 2.39. The van der Waals surface area contributed by atoms with Crippen LogP contribution in [0.1, 0.15) is 5.56 Å². The number of hydrogen-bond donors (Lipinski definition) is 0. The van der Waals surface area contributed by atoms with Crippen molar-refractivity contribution >= 4 is 17.3 Å². The van der Waals surface area contributed by atoms with Crippen molar-refractivity contribution in [2.75, 3.05) is 25.6 Å². The molecule has 0 saturated heterocycles. The fraction of sp³-hybridized carbons (Fsp3) is 0.286. The maximum absolute atomic E-state index is 5.73. The summed E-state index contributed by atoms with van der Waals surface area (Å²) in [7, 11) is 4.05. The molecule has 0 radical (unpaired) electrons. The molecule has 100 valence electrons. The number of ether oxygens (including phenoxy) is 1. The molecule has 0 bridgehead atoms. The summed E-state index contributed by atoms with van der Waals surface area (Å²) in [6.07, 6.45) is 3.86. The van der Waals surface area contributed by atoms with Crippen molar-refractivity contribution in [3.05, 3.63) is 47.4 Å². The molecule has 0 aliphatic heterocycles. The van der Waals surface area contributed by atoms with Gasteiger partial charge in [0.2, 0.25) is 5.88 Å². The van der Waals surface area contributed by atoms with E-state index in [-0.39, 0.29) is 0 Å². The van der Waals surface area contributed by atoms with Gasteiger partial charge in [0.25, 0.3) is 0 Å². The number of aromatic nitrogens is 2. The van der Waals surface area contributed by atoms with E-state index in [9.17, 15) is 0 Å². The van der Waals surface area contributed by atoms with Crippen molar-refractivity contribution in [3.63, 3.8) is 0 Å². The van der Waals surface area contributed by atoms with Crippen LogP contribution in [0.4, 0.5) is 5.69 Å². The average molecular weight is 278 g/mol. The molecule has 0 unspecified atom stereocenters. The second-order valence-electron chi connectivity index (χ2n) is 4.34. The van der Waals surface area contributed by atoms with Gasteiger partial charge in [-0.2, -0.15) is 4.98 Å². The van der Waals surface area contributed by atoms with Gasteiger partial charge in [-0.3, -0.25) is 4.98 Å². The third kappa shape index (κ3) is 4.10. The van der Waals surface area contributed by atoms with E-state index in [0.717, 1.165) is 6.42 Å². The summed E-state index contributed by atoms with van der Waals surface area (Å²) < 4.78 is 5.50. The molecule has 2 rings (SSSR count). The lowest BCUT2D eigenvalue weighted by molar-refractivity contribution is 0.308. The van der Waals surface area contributed by atoms with Gasteiger partial charge in [0.05, 0.1) is 19.0 Å². The SMILES string of the molecule is CN(C)c1ccc(CCOc2cncc(Cl)n2)cc1. The first-order valence-corrected chi connectivity index (χ1v) is 6.39. The number of rotatable bonds is 5. The third-order valence-electron chi connectivity index (χ3n) is 2.68. The van der Waals surface area contributed by atoms with E-state index in [1.807, 2.05) is 14.1 Å². The van der Waals surface area contributed by atoms with Crippen LogP contribution in [0.5, 0.6) is 5.88 Å². The molecule has 4 nitrogen and oxygen atoms in total. The number of nitrogens with zero attached hydrogens (tertiary/aromatic N) is 3. The molecule has 1 aromatic carbocycles. The van der Waals surface area contributed by atoms with Gasteiger partial charge < -0.3 is 9.64 Å². The van der Waals surface area contributed by atoms with Gasteiger partial charge in [0.15, 0.2) is 5.15 Å². The van der Waals surface area contributed by atoms with Crippen LogP contribution in [0.15, 0.2) is 36.7 Å². The minimum Gasteiger partial charge on any atom is -0.476 e. The van der Waals surface area contributed by atoms with Gasteiger partial charge in [-0.15, -0.1) is 0 Å². The molecule has 1 heterocycles. The van der Waals surface area contributed by atoms with E-state index < -0.39 is 0 Å². The standard InChI is InChI=1S/C14H16ClN3O/c1-18(2)12-5-3-11(4-6-12)7-8-19-14-10-16-9-13(15)17-14/h3-6,9-10H,7-8H2,1-2H3. The van der Waals surface area contributed by atoms with Crippen LogP contribution in [-0.4, -0.2) is 30.7 Å². The van der Waals surface area contributed by atoms with Gasteiger partial charge in [-0.05, 0) is 17.7 Å². The molecule has 0 spiro atoms. The van der Waals surface area contributed by atoms with Gasteiger partial charge >= 0.3 is 0 Å². The Hall–Kier alpha value is -1.81. The monoisotopic (exact) mass is 277 g/mol. The fourth-order valence-corrected chi connectivity index (χ4v) is 1.77. The van der Waals surface area contributed by atoms with Crippen molar-refractivity contribution in [1.29, 1.82) is 0 Å². The molecule has 0 aliphatic rings. The number of anilines is 1. The Bertz CT molecular complexity index is 528. The van der Waals surface area contributed by atoms with Crippen molar-refractivity contribution in [2.45, 2.75) is 6.42 Å². The normalized spacial score (nSPS) is 10.3. The van der Waals surface area contributed by atoms with E-state index in [0.29, 0.717) is 17.6 Å². The minimum absolute atomic E-state index is 0.341. The fourth-order valence-electron chi connectivity index (χ4n) is 1.63. The predicted octanol–water partition coefficient (Wildman–Crippen LogP) is 2.82. The highest BCUT2D eigenvalue weighted by molar-refractivity contribution is 6.29. The predicted molar refractivity (Wildman–Crippen MR) is 77.0 cm³/mol. The molecule has 5 heteroatoms. The zero-order valence-electron chi connectivity index (χ0n) is 11.0. The van der Waals surface area contributed by atoms with Crippen molar-refractivity contribution in [3.8, 4) is 5.88 Å². The first-order chi connectivity index (χ1) is 9.15. The molecular formula is C14H16ClN3O. The van der Waals surface area contributed by atoms with Crippen LogP contribution < -0.4 is 9.64 Å². The Morgan fingerprint density at radius 2 is 1.89 bits per heavy atom. The highest BCUT2D eigenvalue weighted by Gasteiger charge is 2.00. The Kier molecular flexibility index (Phi) is 4.58. The van der Waals surface area contributed by atoms with E-state index >= 15 is 0 Å². The molecule has 0 aliphatic carbocycles. The third-order valence-corrected chi connectivity index (χ3v) is 2.86. The topological polar surface area (TPSA) is 38.2 Å². The largest absolute Gasteiger partial charge is 0.476 e. The Morgan fingerprint density at radius 3 is 2.53 bits per heavy atom. The molecule has 0 amide bonds. The molecule has 2 aromatic rings. The van der Waals surface area contributed by atoms with Gasteiger partial charge in [-0.1, -0.05) is 23.7 Å². The maximum Gasteiger partial charge on any atom is 0.233 e. The molecule has 0 fully saturated rings. The lowest BCUT2D eigenvalue weighted by Gasteiger charge is -2.12. The first kappa shape index (κ1) is 13.6. The minimum atomic E-state index is 0.341. The smallest absolute Gasteiger partial charge is 0.233 e. The van der Waals surface area contributed by atoms with Crippen LogP contribution in [0.25, 0.3) is 0 Å². The number of benzene rings is 1. The quantitative estimate of drug-likeness (QED) is 0.842. The molecule has 0 N–H and O–H groups in total. The summed E-state index contributed by atoms with van der Waals surface area (Å²) in [5, 5.41) is 0.341. The van der Waals surface area contributed by atoms with Crippen molar-refractivity contribution in [2.24, 2.45) is 0 Å². The molecule has 0 saturated carbocycles. The van der Waals surface area contributed by atoms with Crippen molar-refractivity contribution in [1.82, 2.24) is 9.97 Å². The van der Waals surface area contributed by atoms with E-state index in [1.165, 1.54) is 17.4 Å². The zero-order valence-corrected chi connectivity index (χ0v) is 11.8. The summed E-state index contributed by atoms with van der Waals surface area (Å²) in [5.74, 6) is 0.456. The lowest BCUT2D eigenvalue weighted by Crippen LogP contribution is -2.08. The Labute approximate surface area is 118 Å². The van der Waals surface area contributed by atoms with Crippen LogP contribution in [0, 0.1) is 0 Å². The Balaban J connectivity index is 1.85. The van der Waals surface area contributed by atoms with E-state index in [2.05, 4.69) is 39.1 Å². The number of halogens is 1. The van der Waals surface area contributed by atoms with Gasteiger partial charge in [0.1, 0.15) is 0 Å². The number of hydrogen-bond acceptors (Lipinski definition) is 4. The second-order valence-corrected chi connectivity index (χ2v) is 4.73. The van der Waals surface area contributed by atoms with Crippen LogP contribution in [0.3, 0.4) is 0 Å². The van der Waals surface area contributed by atoms with E-state index in [1.54, 1.807) is 6.20 Å². The molecule has 1 aromatic heterocycles. The summed E-state index contributed by atoms with van der Waals surface area (Å²) >= 11 is 5.73. The van der Waals surface area contributed by atoms with Gasteiger partial charge in [-0.25, -0.2) is 0 Å². The maximum atomic E-state index is 5.73. The lowest BCUT2D eigenvalue weighted by atomic mass is 10.1. The van der Waals surface area contributed by atoms with Crippen LogP contribution >= 0.6 is 11.6 Å². The van der Waals surface area contributed by atoms with Gasteiger partial charge in [0, 0.05) is 26.2 Å². The molecule has 0 atom stereocenters. The summed E-state index contributed by atoms with van der Waals surface area (Å²) in [6, 6.07) is 8.38. The summed E-state index contributed by atoms with van der Waals surface area (Å²) in [5.41, 5.74) is 2.41. The first-order valence-electron chi connectivity index (χ1n) is 6.02. The molecular weight excluding hydrogens is 262 g/mol. The van der Waals surface area contributed by atoms with Crippen molar-refractivity contribution < 1.29 is 4.74 Å². The van der Waals surface area contributed by atoms with Crippen LogP contribution in [-0.2, 0) is 6.42 Å². The van der Waals surface area contributed by atoms with E-state index in [4.69, 9.17) is 16.3 Å². The highest BCUT2D eigenvalue weighted by Crippen LogP contribution is 2.13. The summed E-state index contributed by atoms with van der Waals surface area (Å²) in [6.45, 7) is 0.552. The van der Waals surface area contributed by atoms with Crippen LogP contribution in [0.2, 0.25) is 5.15 Å².